The number of hydrogen-bond donors (Lipinski definition) is 2. The maximum atomic E-state index is 6.03. The van der Waals surface area contributed by atoms with Crippen LogP contribution in [0.15, 0.2) is 58.8 Å². The smallest absolute Gasteiger partial charge is 0.161 e. The number of aromatic nitrogens is 2. The number of amidine groups is 2. The van der Waals surface area contributed by atoms with Crippen molar-refractivity contribution in [1.29, 1.82) is 0 Å². The van der Waals surface area contributed by atoms with Crippen molar-refractivity contribution in [2.45, 2.75) is 24.7 Å². The van der Waals surface area contributed by atoms with Crippen molar-refractivity contribution in [2.24, 2.45) is 21.5 Å². The van der Waals surface area contributed by atoms with Gasteiger partial charge in [0.25, 0.3) is 0 Å². The molecule has 2 fully saturated rings. The summed E-state index contributed by atoms with van der Waals surface area (Å²) in [6.07, 6.45) is 3.72. The largest absolute Gasteiger partial charge is 0.381 e. The predicted molar refractivity (Wildman–Crippen MR) is 129 cm³/mol. The van der Waals surface area contributed by atoms with Gasteiger partial charge in [-0.25, -0.2) is 0 Å². The summed E-state index contributed by atoms with van der Waals surface area (Å²) in [4.78, 5) is 22.6. The van der Waals surface area contributed by atoms with E-state index in [0.29, 0.717) is 24.8 Å². The maximum Gasteiger partial charge on any atom is 0.161 e. The molecule has 2 aromatic heterocycles. The number of hydrogen-bond acceptors (Lipinski definition) is 6. The lowest BCUT2D eigenvalue weighted by atomic mass is 9.78. The molecule has 0 unspecified atom stereocenters. The fourth-order valence-corrected chi connectivity index (χ4v) is 4.75. The lowest BCUT2D eigenvalue weighted by molar-refractivity contribution is 0.0787. The molecule has 4 rings (SSSR count). The summed E-state index contributed by atoms with van der Waals surface area (Å²) in [5.74, 6) is 0.667. The van der Waals surface area contributed by atoms with Crippen LogP contribution in [0, 0.1) is 0 Å². The SMILES string of the molecule is CC1(c2ccccn2)CN(CCN=C(N)C(N)=NCCN2CC(C)(c3ccccn3)C2)C1. The normalized spacial score (nSPS) is 21.1. The molecule has 4 heterocycles. The molecule has 8 heteroatoms. The number of likely N-dealkylation sites (tertiary alicyclic amines) is 2. The van der Waals surface area contributed by atoms with Gasteiger partial charge in [-0.1, -0.05) is 26.0 Å². The third kappa shape index (κ3) is 4.97. The minimum Gasteiger partial charge on any atom is -0.381 e. The fraction of sp³-hybridized carbons (Fsp3) is 0.500. The first kappa shape index (κ1) is 22.4. The maximum absolute atomic E-state index is 6.03. The van der Waals surface area contributed by atoms with E-state index in [1.165, 1.54) is 0 Å². The van der Waals surface area contributed by atoms with Crippen LogP contribution in [0.3, 0.4) is 0 Å². The van der Waals surface area contributed by atoms with Gasteiger partial charge in [-0.3, -0.25) is 29.8 Å². The third-order valence-corrected chi connectivity index (χ3v) is 6.52. The molecule has 0 atom stereocenters. The predicted octanol–water partition coefficient (Wildman–Crippen LogP) is 1.04. The minimum atomic E-state index is 0.126. The quantitative estimate of drug-likeness (QED) is 0.475. The summed E-state index contributed by atoms with van der Waals surface area (Å²) in [6.45, 7) is 11.4. The molecule has 4 N–H and O–H groups in total. The van der Waals surface area contributed by atoms with Gasteiger partial charge in [0.2, 0.25) is 0 Å². The van der Waals surface area contributed by atoms with E-state index in [0.717, 1.165) is 50.7 Å². The molecule has 0 spiro atoms. The first-order valence-electron chi connectivity index (χ1n) is 11.3. The molecular formula is C24H34N8. The van der Waals surface area contributed by atoms with Gasteiger partial charge in [0.15, 0.2) is 11.7 Å². The fourth-order valence-electron chi connectivity index (χ4n) is 4.75. The Hall–Kier alpha value is -2.84. The van der Waals surface area contributed by atoms with Gasteiger partial charge in [-0.05, 0) is 24.3 Å². The van der Waals surface area contributed by atoms with Crippen LogP contribution in [0.25, 0.3) is 0 Å². The second-order valence-electron chi connectivity index (χ2n) is 9.51. The van der Waals surface area contributed by atoms with Crippen LogP contribution in [0.1, 0.15) is 25.2 Å². The zero-order valence-corrected chi connectivity index (χ0v) is 19.1. The first-order chi connectivity index (χ1) is 15.4. The molecule has 2 aliphatic heterocycles. The van der Waals surface area contributed by atoms with Gasteiger partial charge >= 0.3 is 0 Å². The van der Waals surface area contributed by atoms with Crippen molar-refractivity contribution < 1.29 is 0 Å². The van der Waals surface area contributed by atoms with E-state index in [9.17, 15) is 0 Å². The van der Waals surface area contributed by atoms with Crippen LogP contribution >= 0.6 is 0 Å². The lowest BCUT2D eigenvalue weighted by Gasteiger charge is -2.47. The molecule has 170 valence electrons. The molecule has 2 saturated heterocycles. The molecule has 0 aliphatic carbocycles. The monoisotopic (exact) mass is 434 g/mol. The molecule has 2 aliphatic rings. The van der Waals surface area contributed by atoms with Gasteiger partial charge in [-0.15, -0.1) is 0 Å². The Morgan fingerprint density at radius 2 is 1.19 bits per heavy atom. The summed E-state index contributed by atoms with van der Waals surface area (Å²) >= 11 is 0. The highest BCUT2D eigenvalue weighted by Crippen LogP contribution is 2.33. The van der Waals surface area contributed by atoms with E-state index < -0.39 is 0 Å². The summed E-state index contributed by atoms with van der Waals surface area (Å²) in [5, 5.41) is 0. The Labute approximate surface area is 190 Å². The highest BCUT2D eigenvalue weighted by atomic mass is 15.2. The average molecular weight is 435 g/mol. The highest BCUT2D eigenvalue weighted by molar-refractivity contribution is 6.39. The second kappa shape index (κ2) is 9.34. The molecule has 32 heavy (non-hydrogen) atoms. The van der Waals surface area contributed by atoms with Crippen LogP contribution in [0.2, 0.25) is 0 Å². The minimum absolute atomic E-state index is 0.126. The number of nitrogens with two attached hydrogens (primary N) is 2. The second-order valence-corrected chi connectivity index (χ2v) is 9.51. The zero-order valence-electron chi connectivity index (χ0n) is 19.1. The van der Waals surface area contributed by atoms with Crippen LogP contribution in [-0.2, 0) is 10.8 Å². The highest BCUT2D eigenvalue weighted by Gasteiger charge is 2.41. The molecular weight excluding hydrogens is 400 g/mol. The van der Waals surface area contributed by atoms with Gasteiger partial charge < -0.3 is 11.5 Å². The van der Waals surface area contributed by atoms with E-state index in [2.05, 4.69) is 55.7 Å². The molecule has 2 aromatic rings. The van der Waals surface area contributed by atoms with Crippen LogP contribution in [0.5, 0.6) is 0 Å². The van der Waals surface area contributed by atoms with Crippen molar-refractivity contribution in [3.8, 4) is 0 Å². The number of aliphatic imine (C=N–C) groups is 2. The van der Waals surface area contributed by atoms with E-state index in [1.54, 1.807) is 0 Å². The summed E-state index contributed by atoms with van der Waals surface area (Å²) < 4.78 is 0. The van der Waals surface area contributed by atoms with Crippen LogP contribution in [0.4, 0.5) is 0 Å². The number of nitrogens with zero attached hydrogens (tertiary/aromatic N) is 6. The number of pyridine rings is 2. The topological polar surface area (TPSA) is 109 Å². The Bertz CT molecular complexity index is 865. The van der Waals surface area contributed by atoms with Crippen LogP contribution in [-0.4, -0.2) is 83.8 Å². The summed E-state index contributed by atoms with van der Waals surface area (Å²) in [7, 11) is 0. The number of rotatable bonds is 8. The standard InChI is InChI=1S/C24H34N8/c1-23(19-7-3-5-9-27-19)15-31(16-23)13-11-29-21(25)22(26)30-12-14-32-17-24(2,18-32)20-8-4-6-10-28-20/h3-10H,11-18H2,1-2H3,(H2,25,29)(H2,26,30). The Kier molecular flexibility index (Phi) is 6.53. The molecule has 0 saturated carbocycles. The lowest BCUT2D eigenvalue weighted by Crippen LogP contribution is -2.58. The van der Waals surface area contributed by atoms with Gasteiger partial charge in [0.1, 0.15) is 0 Å². The molecule has 0 aromatic carbocycles. The van der Waals surface area contributed by atoms with Crippen molar-refractivity contribution in [1.82, 2.24) is 19.8 Å². The van der Waals surface area contributed by atoms with Gasteiger partial charge in [0.05, 0.1) is 13.1 Å². The van der Waals surface area contributed by atoms with E-state index in [1.807, 2.05) is 36.7 Å². The van der Waals surface area contributed by atoms with Crippen molar-refractivity contribution in [2.75, 3.05) is 52.4 Å². The Morgan fingerprint density at radius 3 is 1.53 bits per heavy atom. The average Bonchev–Trinajstić information content (AvgIpc) is 2.77. The van der Waals surface area contributed by atoms with Gasteiger partial charge in [-0.2, -0.15) is 0 Å². The first-order valence-corrected chi connectivity index (χ1v) is 11.3. The summed E-state index contributed by atoms with van der Waals surface area (Å²) in [5.41, 5.74) is 14.6. The van der Waals surface area contributed by atoms with Gasteiger partial charge in [0, 0.05) is 73.9 Å². The van der Waals surface area contributed by atoms with Crippen molar-refractivity contribution >= 4 is 11.7 Å². The van der Waals surface area contributed by atoms with E-state index in [-0.39, 0.29) is 10.8 Å². The molecule has 0 bridgehead atoms. The molecule has 0 radical (unpaired) electrons. The molecule has 0 amide bonds. The van der Waals surface area contributed by atoms with Crippen molar-refractivity contribution in [3.63, 3.8) is 0 Å². The Balaban J connectivity index is 1.15. The molecule has 8 nitrogen and oxygen atoms in total. The summed E-state index contributed by atoms with van der Waals surface area (Å²) in [6, 6.07) is 12.2. The Morgan fingerprint density at radius 1 is 0.781 bits per heavy atom. The van der Waals surface area contributed by atoms with E-state index in [4.69, 9.17) is 11.5 Å². The zero-order chi connectivity index (χ0) is 22.6. The van der Waals surface area contributed by atoms with E-state index >= 15 is 0 Å². The van der Waals surface area contributed by atoms with Crippen molar-refractivity contribution in [3.05, 3.63) is 60.2 Å². The van der Waals surface area contributed by atoms with Crippen LogP contribution < -0.4 is 11.5 Å². The third-order valence-electron chi connectivity index (χ3n) is 6.52.